The Hall–Kier alpha value is 0.820. The molecule has 0 saturated heterocycles. The molecule has 0 bridgehead atoms. The maximum absolute atomic E-state index is 10.2. The van der Waals surface area contributed by atoms with Crippen LogP contribution in [-0.4, -0.2) is 5.33 Å². The van der Waals surface area contributed by atoms with E-state index in [1.165, 1.54) is 0 Å². The summed E-state index contributed by atoms with van der Waals surface area (Å²) in [6.45, 7) is 0. The van der Waals surface area contributed by atoms with Crippen LogP contribution in [0.2, 0.25) is 0 Å². The zero-order valence-corrected chi connectivity index (χ0v) is 5.42. The van der Waals surface area contributed by atoms with Crippen LogP contribution < -0.4 is 0 Å². The lowest BCUT2D eigenvalue weighted by Crippen LogP contribution is -1.60. The van der Waals surface area contributed by atoms with Crippen molar-refractivity contribution in [2.24, 2.45) is 0 Å². The lowest BCUT2D eigenvalue weighted by atomic mass is 11.7. The second-order valence-electron chi connectivity index (χ2n) is 0.247. The van der Waals surface area contributed by atoms with Gasteiger partial charge in [0.25, 0.3) is 5.33 Å². The summed E-state index contributed by atoms with van der Waals surface area (Å²) in [7, 11) is 0. The Morgan fingerprint density at radius 1 is 1.40 bits per heavy atom. The first-order valence-electron chi connectivity index (χ1n) is 0.655. The molecule has 0 aliphatic heterocycles. The molecule has 34 valence electrons. The molecule has 0 aromatic heterocycles. The van der Waals surface area contributed by atoms with E-state index in [9.17, 15) is 8.78 Å². The minimum atomic E-state index is -2.35. The van der Waals surface area contributed by atoms with Crippen molar-refractivity contribution in [2.75, 3.05) is 0 Å². The first kappa shape index (κ1) is 9.27. The number of rotatable bonds is 0. The molecule has 0 heterocycles. The van der Waals surface area contributed by atoms with Gasteiger partial charge < -0.3 is 0 Å². The van der Waals surface area contributed by atoms with Crippen LogP contribution >= 0.6 is 32.9 Å². The largest absolute Gasteiger partial charge is 0.292 e. The quantitative estimate of drug-likeness (QED) is 0.539. The van der Waals surface area contributed by atoms with Crippen molar-refractivity contribution in [1.29, 1.82) is 0 Å². The fraction of sp³-hybridized carbons (Fsp3) is 1.00. The van der Waals surface area contributed by atoms with Gasteiger partial charge in [0, 0.05) is 0 Å². The molecule has 0 N–H and O–H groups in total. The van der Waals surface area contributed by atoms with Crippen molar-refractivity contribution in [3.8, 4) is 0 Å². The molecule has 0 rings (SSSR count). The molecule has 0 fully saturated rings. The van der Waals surface area contributed by atoms with Gasteiger partial charge in [-0.1, -0.05) is 0 Å². The van der Waals surface area contributed by atoms with E-state index in [1.54, 1.807) is 0 Å². The smallest absolute Gasteiger partial charge is 0.197 e. The molecule has 0 aromatic rings. The molecule has 4 heteroatoms. The van der Waals surface area contributed by atoms with E-state index in [-0.39, 0.29) is 17.0 Å². The summed E-state index contributed by atoms with van der Waals surface area (Å²) in [4.78, 5) is 0. The van der Waals surface area contributed by atoms with Crippen LogP contribution in [0.25, 0.3) is 0 Å². The van der Waals surface area contributed by atoms with Gasteiger partial charge in [0.1, 0.15) is 0 Å². The van der Waals surface area contributed by atoms with Gasteiger partial charge in [-0.25, -0.2) is 0 Å². The Balaban J connectivity index is 0. The first-order chi connectivity index (χ1) is 1.73. The molecule has 0 nitrogen and oxygen atoms in total. The highest BCUT2D eigenvalue weighted by Gasteiger charge is 1.83. The standard InChI is InChI=1S/CHBrF2.BrH/c2-1(3)4;/h1H;1H. The topological polar surface area (TPSA) is 0 Å². The van der Waals surface area contributed by atoms with Crippen LogP contribution in [-0.2, 0) is 0 Å². The maximum Gasteiger partial charge on any atom is 0.292 e. The summed E-state index contributed by atoms with van der Waals surface area (Å²) in [5.74, 6) is 0. The van der Waals surface area contributed by atoms with E-state index in [1.807, 2.05) is 15.9 Å². The van der Waals surface area contributed by atoms with E-state index >= 15 is 0 Å². The van der Waals surface area contributed by atoms with Gasteiger partial charge in [-0.2, -0.15) is 8.78 Å². The Labute approximate surface area is 47.5 Å². The fourth-order valence-corrected chi connectivity index (χ4v) is 0. The highest BCUT2D eigenvalue weighted by atomic mass is 79.9. The molecule has 0 unspecified atom stereocenters. The van der Waals surface area contributed by atoms with Crippen LogP contribution in [0.4, 0.5) is 8.78 Å². The SMILES string of the molecule is Br.FC(F)Br. The maximum atomic E-state index is 10.2. The molecule has 0 amide bonds. The summed E-state index contributed by atoms with van der Waals surface area (Å²) in [6, 6.07) is 0. The van der Waals surface area contributed by atoms with Crippen LogP contribution in [0, 0.1) is 0 Å². The summed E-state index contributed by atoms with van der Waals surface area (Å²) < 4.78 is 20.5. The fourth-order valence-electron chi connectivity index (χ4n) is 0. The van der Waals surface area contributed by atoms with Gasteiger partial charge in [-0.15, -0.1) is 17.0 Å². The zero-order chi connectivity index (χ0) is 3.58. The summed E-state index contributed by atoms with van der Waals surface area (Å²) in [5, 5.41) is -2.35. The Bertz CT molecular complexity index is 12.4. The highest BCUT2D eigenvalue weighted by molar-refractivity contribution is 9.09. The Kier molecular flexibility index (Phi) is 8.93. The predicted molar refractivity (Wildman–Crippen MR) is 25.3 cm³/mol. The average molecular weight is 212 g/mol. The van der Waals surface area contributed by atoms with Crippen molar-refractivity contribution in [2.45, 2.75) is 5.33 Å². The lowest BCUT2D eigenvalue weighted by Gasteiger charge is -1.67. The van der Waals surface area contributed by atoms with Gasteiger partial charge in [-0.3, -0.25) is 0 Å². The van der Waals surface area contributed by atoms with Crippen LogP contribution in [0.3, 0.4) is 0 Å². The molecule has 0 radical (unpaired) electrons. The van der Waals surface area contributed by atoms with Crippen molar-refractivity contribution in [3.63, 3.8) is 0 Å². The summed E-state index contributed by atoms with van der Waals surface area (Å²) >= 11 is 1.94. The second-order valence-corrected chi connectivity index (χ2v) is 0.940. The van der Waals surface area contributed by atoms with Gasteiger partial charge in [0.05, 0.1) is 0 Å². The molecule has 5 heavy (non-hydrogen) atoms. The third-order valence-corrected chi connectivity index (χ3v) is 0. The lowest BCUT2D eigenvalue weighted by molar-refractivity contribution is 0.260. The predicted octanol–water partition coefficient (Wildman–Crippen LogP) is 2.18. The third kappa shape index (κ3) is 57.0. The van der Waals surface area contributed by atoms with Gasteiger partial charge in [-0.05, 0) is 15.9 Å². The Morgan fingerprint density at radius 3 is 1.40 bits per heavy atom. The van der Waals surface area contributed by atoms with Crippen LogP contribution in [0.1, 0.15) is 0 Å². The number of alkyl halides is 3. The number of hydrogen-bond donors (Lipinski definition) is 0. The molecule has 0 spiro atoms. The molecular weight excluding hydrogens is 210 g/mol. The van der Waals surface area contributed by atoms with Crippen LogP contribution in [0.5, 0.6) is 0 Å². The molecular formula is CH2Br2F2. The van der Waals surface area contributed by atoms with Gasteiger partial charge >= 0.3 is 0 Å². The summed E-state index contributed by atoms with van der Waals surface area (Å²) in [6.07, 6.45) is 0. The van der Waals surface area contributed by atoms with Crippen LogP contribution in [0.15, 0.2) is 0 Å². The minimum Gasteiger partial charge on any atom is -0.197 e. The average Bonchev–Trinajstić information content (AvgIpc) is 0.811. The summed E-state index contributed by atoms with van der Waals surface area (Å²) in [5.41, 5.74) is 0. The molecule has 0 aliphatic carbocycles. The normalized spacial score (nSPS) is 7.20. The number of hydrogen-bond acceptors (Lipinski definition) is 0. The van der Waals surface area contributed by atoms with Crippen molar-refractivity contribution >= 4 is 32.9 Å². The molecule has 0 saturated carbocycles. The van der Waals surface area contributed by atoms with E-state index in [0.717, 1.165) is 0 Å². The van der Waals surface area contributed by atoms with E-state index in [0.29, 0.717) is 0 Å². The monoisotopic (exact) mass is 210 g/mol. The molecule has 0 aliphatic rings. The van der Waals surface area contributed by atoms with E-state index in [4.69, 9.17) is 0 Å². The molecule has 0 atom stereocenters. The first-order valence-corrected chi connectivity index (χ1v) is 1.57. The van der Waals surface area contributed by atoms with Crippen molar-refractivity contribution < 1.29 is 8.78 Å². The third-order valence-electron chi connectivity index (χ3n) is 0. The van der Waals surface area contributed by atoms with E-state index in [2.05, 4.69) is 0 Å². The number of halogens is 4. The van der Waals surface area contributed by atoms with Crippen molar-refractivity contribution in [3.05, 3.63) is 0 Å². The zero-order valence-electron chi connectivity index (χ0n) is 2.12. The second kappa shape index (κ2) is 4.82. The van der Waals surface area contributed by atoms with Crippen molar-refractivity contribution in [1.82, 2.24) is 0 Å². The highest BCUT2D eigenvalue weighted by Crippen LogP contribution is 1.97. The minimum absolute atomic E-state index is 0. The molecule has 0 aromatic carbocycles. The van der Waals surface area contributed by atoms with Gasteiger partial charge in [0.15, 0.2) is 0 Å². The Morgan fingerprint density at radius 2 is 1.40 bits per heavy atom. The van der Waals surface area contributed by atoms with E-state index < -0.39 is 5.33 Å². The van der Waals surface area contributed by atoms with Gasteiger partial charge in [0.2, 0.25) is 0 Å².